The van der Waals surface area contributed by atoms with Crippen molar-refractivity contribution >= 4 is 26.0 Å². The Morgan fingerprint density at radius 3 is 2.67 bits per heavy atom. The lowest BCUT2D eigenvalue weighted by atomic mass is 10.4. The molecule has 7 nitrogen and oxygen atoms in total. The second-order valence-corrected chi connectivity index (χ2v) is 5.44. The van der Waals surface area contributed by atoms with Crippen molar-refractivity contribution in [1.29, 1.82) is 0 Å². The van der Waals surface area contributed by atoms with Gasteiger partial charge in [0.15, 0.2) is 4.60 Å². The second kappa shape index (κ2) is 4.56. The standard InChI is InChI=1S/C6H11BrN4O3S/c1-4(12)3-8-15(13,14)6-5(7)9-10-11(6)2/h4,8,12H,3H2,1-2H3/t4-/m1/s1. The van der Waals surface area contributed by atoms with Crippen LogP contribution in [0, 0.1) is 0 Å². The van der Waals surface area contributed by atoms with Crippen molar-refractivity contribution in [2.24, 2.45) is 7.05 Å². The van der Waals surface area contributed by atoms with E-state index in [0.717, 1.165) is 4.68 Å². The molecular formula is C6H11BrN4O3S. The molecular weight excluding hydrogens is 288 g/mol. The minimum Gasteiger partial charge on any atom is -0.392 e. The van der Waals surface area contributed by atoms with Gasteiger partial charge in [-0.25, -0.2) is 17.8 Å². The highest BCUT2D eigenvalue weighted by Crippen LogP contribution is 2.17. The predicted molar refractivity (Wildman–Crippen MR) is 55.6 cm³/mol. The monoisotopic (exact) mass is 298 g/mol. The van der Waals surface area contributed by atoms with E-state index in [1.54, 1.807) is 0 Å². The SMILES string of the molecule is C[C@@H](O)CNS(=O)(=O)c1c(Br)nnn1C. The molecule has 0 aliphatic rings. The number of aliphatic hydroxyl groups excluding tert-OH is 1. The Balaban J connectivity index is 2.96. The largest absolute Gasteiger partial charge is 0.392 e. The summed E-state index contributed by atoms with van der Waals surface area (Å²) in [4.78, 5) is 0. The number of aryl methyl sites for hydroxylation is 1. The first-order chi connectivity index (χ1) is 6.84. The van der Waals surface area contributed by atoms with Gasteiger partial charge in [-0.15, -0.1) is 5.10 Å². The quantitative estimate of drug-likeness (QED) is 0.761. The number of nitrogens with zero attached hydrogens (tertiary/aromatic N) is 3. The minimum absolute atomic E-state index is 0.0556. The van der Waals surface area contributed by atoms with E-state index < -0.39 is 16.1 Å². The summed E-state index contributed by atoms with van der Waals surface area (Å²) in [5.74, 6) is 0. The van der Waals surface area contributed by atoms with Crippen molar-refractivity contribution in [2.75, 3.05) is 6.54 Å². The summed E-state index contributed by atoms with van der Waals surface area (Å²) >= 11 is 2.98. The van der Waals surface area contributed by atoms with Gasteiger partial charge in [0.25, 0.3) is 10.0 Å². The predicted octanol–water partition coefficient (Wildman–Crippen LogP) is -0.763. The zero-order valence-electron chi connectivity index (χ0n) is 8.18. The van der Waals surface area contributed by atoms with E-state index in [4.69, 9.17) is 5.11 Å². The molecule has 0 bridgehead atoms. The third-order valence-electron chi connectivity index (χ3n) is 1.56. The number of aliphatic hydroxyl groups is 1. The van der Waals surface area contributed by atoms with Gasteiger partial charge in [-0.3, -0.25) is 0 Å². The van der Waals surface area contributed by atoms with Crippen molar-refractivity contribution in [1.82, 2.24) is 19.7 Å². The molecule has 0 aliphatic carbocycles. The summed E-state index contributed by atoms with van der Waals surface area (Å²) in [6.07, 6.45) is -0.750. The van der Waals surface area contributed by atoms with Crippen LogP contribution in [0.2, 0.25) is 0 Å². The smallest absolute Gasteiger partial charge is 0.260 e. The molecule has 9 heteroatoms. The molecule has 0 saturated heterocycles. The maximum absolute atomic E-state index is 11.7. The van der Waals surface area contributed by atoms with E-state index in [-0.39, 0.29) is 16.2 Å². The fraction of sp³-hybridized carbons (Fsp3) is 0.667. The van der Waals surface area contributed by atoms with E-state index >= 15 is 0 Å². The van der Waals surface area contributed by atoms with E-state index in [9.17, 15) is 8.42 Å². The van der Waals surface area contributed by atoms with E-state index in [2.05, 4.69) is 31.0 Å². The van der Waals surface area contributed by atoms with Gasteiger partial charge in [0.1, 0.15) is 0 Å². The van der Waals surface area contributed by atoms with Gasteiger partial charge >= 0.3 is 0 Å². The molecule has 0 spiro atoms. The normalized spacial score (nSPS) is 14.1. The summed E-state index contributed by atoms with van der Waals surface area (Å²) in [5.41, 5.74) is 0. The molecule has 0 radical (unpaired) electrons. The van der Waals surface area contributed by atoms with Crippen LogP contribution >= 0.6 is 15.9 Å². The van der Waals surface area contributed by atoms with Gasteiger partial charge in [-0.05, 0) is 22.9 Å². The molecule has 0 aromatic carbocycles. The van der Waals surface area contributed by atoms with Crippen molar-refractivity contribution in [3.05, 3.63) is 4.60 Å². The third-order valence-corrected chi connectivity index (χ3v) is 3.87. The molecule has 1 atom stereocenters. The molecule has 0 aliphatic heterocycles. The summed E-state index contributed by atoms with van der Waals surface area (Å²) in [6.45, 7) is 1.43. The average Bonchev–Trinajstić information content (AvgIpc) is 2.43. The van der Waals surface area contributed by atoms with Crippen LogP contribution in [0.15, 0.2) is 9.63 Å². The van der Waals surface area contributed by atoms with Gasteiger partial charge in [0.2, 0.25) is 5.03 Å². The minimum atomic E-state index is -3.69. The Bertz CT molecular complexity index is 422. The lowest BCUT2D eigenvalue weighted by Crippen LogP contribution is -2.32. The van der Waals surface area contributed by atoms with E-state index in [1.165, 1.54) is 14.0 Å². The Kier molecular flexibility index (Phi) is 3.82. The van der Waals surface area contributed by atoms with Crippen molar-refractivity contribution in [2.45, 2.75) is 18.1 Å². The van der Waals surface area contributed by atoms with Crippen LogP contribution in [-0.2, 0) is 17.1 Å². The van der Waals surface area contributed by atoms with Crippen LogP contribution in [0.25, 0.3) is 0 Å². The zero-order valence-corrected chi connectivity index (χ0v) is 10.6. The number of nitrogens with one attached hydrogen (secondary N) is 1. The fourth-order valence-electron chi connectivity index (χ4n) is 0.907. The highest BCUT2D eigenvalue weighted by molar-refractivity contribution is 9.10. The Morgan fingerprint density at radius 2 is 2.27 bits per heavy atom. The molecule has 1 aromatic heterocycles. The fourth-order valence-corrected chi connectivity index (χ4v) is 3.12. The second-order valence-electron chi connectivity index (χ2n) is 3.01. The third kappa shape index (κ3) is 2.97. The summed E-state index contributed by atoms with van der Waals surface area (Å²) in [7, 11) is -2.23. The van der Waals surface area contributed by atoms with Crippen LogP contribution in [0.5, 0.6) is 0 Å². The van der Waals surface area contributed by atoms with Crippen molar-refractivity contribution in [3.8, 4) is 0 Å². The number of aromatic nitrogens is 3. The molecule has 1 aromatic rings. The average molecular weight is 299 g/mol. The lowest BCUT2D eigenvalue weighted by molar-refractivity contribution is 0.198. The molecule has 0 unspecified atom stereocenters. The van der Waals surface area contributed by atoms with Gasteiger partial charge in [0, 0.05) is 13.6 Å². The highest BCUT2D eigenvalue weighted by atomic mass is 79.9. The van der Waals surface area contributed by atoms with Crippen LogP contribution < -0.4 is 4.72 Å². The van der Waals surface area contributed by atoms with Crippen LogP contribution in [0.1, 0.15) is 6.92 Å². The van der Waals surface area contributed by atoms with E-state index in [0.29, 0.717) is 0 Å². The highest BCUT2D eigenvalue weighted by Gasteiger charge is 2.23. The number of hydrogen-bond donors (Lipinski definition) is 2. The van der Waals surface area contributed by atoms with Crippen LogP contribution in [0.3, 0.4) is 0 Å². The molecule has 0 fully saturated rings. The van der Waals surface area contributed by atoms with Crippen LogP contribution in [0.4, 0.5) is 0 Å². The molecule has 2 N–H and O–H groups in total. The summed E-state index contributed by atoms with van der Waals surface area (Å²) < 4.78 is 26.9. The molecule has 1 rings (SSSR count). The lowest BCUT2D eigenvalue weighted by Gasteiger charge is -2.07. The summed E-state index contributed by atoms with van der Waals surface area (Å²) in [6, 6.07) is 0. The first-order valence-corrected chi connectivity index (χ1v) is 6.35. The number of halogens is 1. The van der Waals surface area contributed by atoms with Gasteiger partial charge in [-0.2, -0.15) is 0 Å². The van der Waals surface area contributed by atoms with Crippen molar-refractivity contribution in [3.63, 3.8) is 0 Å². The number of sulfonamides is 1. The van der Waals surface area contributed by atoms with Crippen molar-refractivity contribution < 1.29 is 13.5 Å². The molecule has 1 heterocycles. The molecule has 0 saturated carbocycles. The first-order valence-electron chi connectivity index (χ1n) is 4.07. The molecule has 86 valence electrons. The maximum Gasteiger partial charge on any atom is 0.260 e. The van der Waals surface area contributed by atoms with Gasteiger partial charge in [-0.1, -0.05) is 5.21 Å². The Labute approximate surface area is 95.7 Å². The van der Waals surface area contributed by atoms with E-state index in [1.807, 2.05) is 0 Å². The summed E-state index contributed by atoms with van der Waals surface area (Å²) in [5, 5.41) is 16.0. The van der Waals surface area contributed by atoms with Gasteiger partial charge in [0.05, 0.1) is 6.10 Å². The first kappa shape index (κ1) is 12.6. The molecule has 0 amide bonds. The Morgan fingerprint density at radius 1 is 1.67 bits per heavy atom. The van der Waals surface area contributed by atoms with Gasteiger partial charge < -0.3 is 5.11 Å². The molecule has 15 heavy (non-hydrogen) atoms. The number of hydrogen-bond acceptors (Lipinski definition) is 5. The van der Waals surface area contributed by atoms with Crippen LogP contribution in [-0.4, -0.2) is 41.2 Å². The number of rotatable bonds is 4. The Hall–Kier alpha value is -0.510. The zero-order chi connectivity index (χ0) is 11.6. The maximum atomic E-state index is 11.7. The topological polar surface area (TPSA) is 97.1 Å².